The van der Waals surface area contributed by atoms with Gasteiger partial charge >= 0.3 is 5.97 Å². The highest BCUT2D eigenvalue weighted by atomic mass is 16.5. The maximum absolute atomic E-state index is 10.9. The number of hydrogen-bond donors (Lipinski definition) is 0. The van der Waals surface area contributed by atoms with Crippen LogP contribution < -0.4 is 4.74 Å². The first-order chi connectivity index (χ1) is 7.90. The molecule has 0 saturated carbocycles. The molecule has 0 N–H and O–H groups in total. The molecule has 0 amide bonds. The van der Waals surface area contributed by atoms with Crippen LogP contribution in [0.15, 0.2) is 30.3 Å². The topological polar surface area (TPSA) is 35.5 Å². The van der Waals surface area contributed by atoms with Crippen LogP contribution in [0.4, 0.5) is 0 Å². The van der Waals surface area contributed by atoms with E-state index >= 15 is 0 Å². The molecule has 0 radical (unpaired) electrons. The average molecular weight is 234 g/mol. The number of esters is 1. The third kappa shape index (κ3) is 5.20. The lowest BCUT2D eigenvalue weighted by atomic mass is 10.1. The maximum atomic E-state index is 10.9. The van der Waals surface area contributed by atoms with Gasteiger partial charge in [0.05, 0.1) is 7.11 Å². The van der Waals surface area contributed by atoms with Crippen molar-refractivity contribution in [2.75, 3.05) is 7.11 Å². The highest BCUT2D eigenvalue weighted by Gasteiger charge is 2.10. The molecule has 0 atom stereocenters. The van der Waals surface area contributed by atoms with Crippen LogP contribution in [0, 0.1) is 0 Å². The van der Waals surface area contributed by atoms with Crippen molar-refractivity contribution >= 4 is 12.0 Å². The van der Waals surface area contributed by atoms with E-state index in [4.69, 9.17) is 4.74 Å². The van der Waals surface area contributed by atoms with Gasteiger partial charge in [0.15, 0.2) is 0 Å². The lowest BCUT2D eigenvalue weighted by Gasteiger charge is -2.21. The highest BCUT2D eigenvalue weighted by Crippen LogP contribution is 2.18. The number of methoxy groups -OCH3 is 1. The molecule has 92 valence electrons. The van der Waals surface area contributed by atoms with Crippen LogP contribution in [-0.4, -0.2) is 18.7 Å². The van der Waals surface area contributed by atoms with Gasteiger partial charge in [0.2, 0.25) is 0 Å². The molecule has 17 heavy (non-hydrogen) atoms. The molecule has 0 aliphatic carbocycles. The summed E-state index contributed by atoms with van der Waals surface area (Å²) < 4.78 is 10.2. The van der Waals surface area contributed by atoms with Gasteiger partial charge in [-0.3, -0.25) is 0 Å². The second kappa shape index (κ2) is 5.53. The van der Waals surface area contributed by atoms with E-state index < -0.39 is 0 Å². The van der Waals surface area contributed by atoms with Gasteiger partial charge < -0.3 is 9.47 Å². The number of hydrogen-bond acceptors (Lipinski definition) is 3. The van der Waals surface area contributed by atoms with E-state index in [0.29, 0.717) is 0 Å². The molecule has 0 heterocycles. The summed E-state index contributed by atoms with van der Waals surface area (Å²) in [6, 6.07) is 7.53. The van der Waals surface area contributed by atoms with E-state index in [9.17, 15) is 4.79 Å². The van der Waals surface area contributed by atoms with E-state index in [1.165, 1.54) is 13.2 Å². The molecule has 1 aromatic rings. The third-order valence-electron chi connectivity index (χ3n) is 1.92. The zero-order valence-corrected chi connectivity index (χ0v) is 10.7. The molecule has 0 saturated heterocycles. The molecule has 3 heteroatoms. The Labute approximate surface area is 102 Å². The molecule has 0 unspecified atom stereocenters. The van der Waals surface area contributed by atoms with Crippen LogP contribution in [0.1, 0.15) is 26.3 Å². The van der Waals surface area contributed by atoms with Crippen molar-refractivity contribution in [3.63, 3.8) is 0 Å². The van der Waals surface area contributed by atoms with Gasteiger partial charge in [0.1, 0.15) is 11.4 Å². The first-order valence-electron chi connectivity index (χ1n) is 5.46. The van der Waals surface area contributed by atoms with Gasteiger partial charge in [-0.25, -0.2) is 4.79 Å². The normalized spacial score (nSPS) is 11.5. The predicted octanol–water partition coefficient (Wildman–Crippen LogP) is 3.05. The minimum atomic E-state index is -0.361. The fraction of sp³-hybridized carbons (Fsp3) is 0.357. The van der Waals surface area contributed by atoms with E-state index in [0.717, 1.165) is 11.3 Å². The SMILES string of the molecule is COC(=O)C=Cc1ccc(OC(C)(C)C)cc1. The van der Waals surface area contributed by atoms with Crippen molar-refractivity contribution in [3.05, 3.63) is 35.9 Å². The second-order valence-electron chi connectivity index (χ2n) is 4.64. The van der Waals surface area contributed by atoms with Crippen molar-refractivity contribution in [2.45, 2.75) is 26.4 Å². The zero-order chi connectivity index (χ0) is 12.9. The number of rotatable bonds is 3. The van der Waals surface area contributed by atoms with Crippen LogP contribution in [0.3, 0.4) is 0 Å². The summed E-state index contributed by atoms with van der Waals surface area (Å²) in [5.74, 6) is 0.452. The number of benzene rings is 1. The molecule has 0 bridgehead atoms. The summed E-state index contributed by atoms with van der Waals surface area (Å²) in [6.07, 6.45) is 3.09. The Hall–Kier alpha value is -1.77. The van der Waals surface area contributed by atoms with Crippen molar-refractivity contribution in [1.82, 2.24) is 0 Å². The quantitative estimate of drug-likeness (QED) is 0.595. The number of carbonyl (C=O) groups excluding carboxylic acids is 1. The zero-order valence-electron chi connectivity index (χ0n) is 10.7. The fourth-order valence-electron chi connectivity index (χ4n) is 1.23. The number of ether oxygens (including phenoxy) is 2. The Balaban J connectivity index is 2.68. The van der Waals surface area contributed by atoms with Gasteiger partial charge in [0.25, 0.3) is 0 Å². The lowest BCUT2D eigenvalue weighted by molar-refractivity contribution is -0.134. The van der Waals surface area contributed by atoms with Crippen molar-refractivity contribution in [2.24, 2.45) is 0 Å². The van der Waals surface area contributed by atoms with Gasteiger partial charge in [-0.1, -0.05) is 12.1 Å². The molecule has 0 aliphatic rings. The average Bonchev–Trinajstić information content (AvgIpc) is 2.25. The van der Waals surface area contributed by atoms with E-state index in [2.05, 4.69) is 4.74 Å². The molecule has 0 aromatic heterocycles. The Morgan fingerprint density at radius 2 is 1.76 bits per heavy atom. The first-order valence-corrected chi connectivity index (χ1v) is 5.46. The monoisotopic (exact) mass is 234 g/mol. The molecule has 0 spiro atoms. The van der Waals surface area contributed by atoms with Crippen molar-refractivity contribution in [1.29, 1.82) is 0 Å². The second-order valence-corrected chi connectivity index (χ2v) is 4.64. The summed E-state index contributed by atoms with van der Waals surface area (Å²) >= 11 is 0. The van der Waals surface area contributed by atoms with Gasteiger partial charge in [-0.05, 0) is 44.5 Å². The molecule has 0 aliphatic heterocycles. The van der Waals surface area contributed by atoms with Crippen LogP contribution in [0.5, 0.6) is 5.75 Å². The van der Waals surface area contributed by atoms with Crippen LogP contribution in [-0.2, 0) is 9.53 Å². The van der Waals surface area contributed by atoms with E-state index in [1.54, 1.807) is 6.08 Å². The van der Waals surface area contributed by atoms with Crippen LogP contribution in [0.2, 0.25) is 0 Å². The van der Waals surface area contributed by atoms with Gasteiger partial charge in [-0.15, -0.1) is 0 Å². The van der Waals surface area contributed by atoms with Gasteiger partial charge in [0, 0.05) is 6.08 Å². The van der Waals surface area contributed by atoms with Crippen molar-refractivity contribution < 1.29 is 14.3 Å². The van der Waals surface area contributed by atoms with E-state index in [1.807, 2.05) is 45.0 Å². The minimum absolute atomic E-state index is 0.205. The Morgan fingerprint density at radius 1 is 1.18 bits per heavy atom. The first kappa shape index (κ1) is 13.3. The van der Waals surface area contributed by atoms with Crippen molar-refractivity contribution in [3.8, 4) is 5.75 Å². The maximum Gasteiger partial charge on any atom is 0.330 e. The Bertz CT molecular complexity index is 396. The molecule has 0 fully saturated rings. The van der Waals surface area contributed by atoms with Crippen LogP contribution >= 0.6 is 0 Å². The lowest BCUT2D eigenvalue weighted by Crippen LogP contribution is -2.22. The van der Waals surface area contributed by atoms with Crippen LogP contribution in [0.25, 0.3) is 6.08 Å². The summed E-state index contributed by atoms with van der Waals surface area (Å²) in [4.78, 5) is 10.9. The van der Waals surface area contributed by atoms with E-state index in [-0.39, 0.29) is 11.6 Å². The fourth-order valence-corrected chi connectivity index (χ4v) is 1.23. The molecule has 3 nitrogen and oxygen atoms in total. The van der Waals surface area contributed by atoms with Gasteiger partial charge in [-0.2, -0.15) is 0 Å². The summed E-state index contributed by atoms with van der Waals surface area (Å²) in [6.45, 7) is 5.99. The Kier molecular flexibility index (Phi) is 4.32. The molecule has 1 aromatic carbocycles. The summed E-state index contributed by atoms with van der Waals surface area (Å²) in [7, 11) is 1.35. The molecular weight excluding hydrogens is 216 g/mol. The Morgan fingerprint density at radius 3 is 2.24 bits per heavy atom. The largest absolute Gasteiger partial charge is 0.488 e. The smallest absolute Gasteiger partial charge is 0.330 e. The molecule has 1 rings (SSSR count). The standard InChI is InChI=1S/C14H18O3/c1-14(2,3)17-12-8-5-11(6-9-12)7-10-13(15)16-4/h5-10H,1-4H3. The summed E-state index contributed by atoms with van der Waals surface area (Å²) in [5, 5.41) is 0. The number of carbonyl (C=O) groups is 1. The third-order valence-corrected chi connectivity index (χ3v) is 1.92. The molecular formula is C14H18O3. The summed E-state index contributed by atoms with van der Waals surface area (Å²) in [5.41, 5.74) is 0.722. The minimum Gasteiger partial charge on any atom is -0.488 e. The predicted molar refractivity (Wildman–Crippen MR) is 67.9 cm³/mol. The highest BCUT2D eigenvalue weighted by molar-refractivity contribution is 5.86.